The standard InChI is InChI=1S/C11H14N4O3S2/c1-3-7-4-12-9(20-7)6(2)15-10(18)13-14-11(15)19-5-8(16)17/h4,6H,3,5H2,1-2H3,(H,13,18)(H,16,17). The topological polar surface area (TPSA) is 101 Å². The van der Waals surface area contributed by atoms with Gasteiger partial charge in [-0.2, -0.15) is 0 Å². The summed E-state index contributed by atoms with van der Waals surface area (Å²) in [5, 5.41) is 16.1. The molecule has 2 aromatic rings. The number of aliphatic carboxylic acids is 1. The lowest BCUT2D eigenvalue weighted by Crippen LogP contribution is -2.22. The second-order valence-electron chi connectivity index (χ2n) is 4.06. The Kier molecular flexibility index (Phi) is 4.61. The highest BCUT2D eigenvalue weighted by Crippen LogP contribution is 2.25. The van der Waals surface area contributed by atoms with E-state index in [4.69, 9.17) is 5.11 Å². The van der Waals surface area contributed by atoms with Crippen molar-refractivity contribution in [1.82, 2.24) is 19.7 Å². The maximum Gasteiger partial charge on any atom is 0.344 e. The predicted molar refractivity (Wildman–Crippen MR) is 76.5 cm³/mol. The van der Waals surface area contributed by atoms with Crippen LogP contribution in [0.25, 0.3) is 0 Å². The molecule has 2 aromatic heterocycles. The third-order valence-electron chi connectivity index (χ3n) is 2.66. The van der Waals surface area contributed by atoms with E-state index in [1.165, 1.54) is 4.57 Å². The van der Waals surface area contributed by atoms with Gasteiger partial charge in [-0.3, -0.25) is 9.36 Å². The number of aromatic amines is 1. The number of carboxylic acids is 1. The summed E-state index contributed by atoms with van der Waals surface area (Å²) in [7, 11) is 0. The number of thioether (sulfide) groups is 1. The van der Waals surface area contributed by atoms with Crippen LogP contribution in [0.15, 0.2) is 16.1 Å². The van der Waals surface area contributed by atoms with E-state index in [1.54, 1.807) is 17.5 Å². The average Bonchev–Trinajstić information content (AvgIpc) is 3.02. The minimum Gasteiger partial charge on any atom is -0.481 e. The van der Waals surface area contributed by atoms with Crippen molar-refractivity contribution < 1.29 is 9.90 Å². The van der Waals surface area contributed by atoms with Gasteiger partial charge in [-0.25, -0.2) is 14.9 Å². The van der Waals surface area contributed by atoms with E-state index < -0.39 is 5.97 Å². The van der Waals surface area contributed by atoms with Gasteiger partial charge in [0.2, 0.25) is 0 Å². The molecule has 0 bridgehead atoms. The lowest BCUT2D eigenvalue weighted by atomic mass is 10.3. The van der Waals surface area contributed by atoms with Crippen LogP contribution in [-0.4, -0.2) is 36.6 Å². The molecule has 2 rings (SSSR count). The molecule has 0 spiro atoms. The Morgan fingerprint density at radius 3 is 3.00 bits per heavy atom. The molecule has 2 N–H and O–H groups in total. The highest BCUT2D eigenvalue weighted by molar-refractivity contribution is 7.99. The Balaban J connectivity index is 2.28. The van der Waals surface area contributed by atoms with Gasteiger partial charge in [0.1, 0.15) is 5.01 Å². The number of hydrogen-bond donors (Lipinski definition) is 2. The molecule has 7 nitrogen and oxygen atoms in total. The van der Waals surface area contributed by atoms with Crippen LogP contribution < -0.4 is 5.69 Å². The first-order valence-corrected chi connectivity index (χ1v) is 7.79. The first-order valence-electron chi connectivity index (χ1n) is 5.99. The zero-order valence-electron chi connectivity index (χ0n) is 11.0. The number of nitrogens with zero attached hydrogens (tertiary/aromatic N) is 3. The molecule has 0 aliphatic carbocycles. The molecule has 0 aromatic carbocycles. The van der Waals surface area contributed by atoms with Gasteiger partial charge < -0.3 is 5.11 Å². The fraction of sp³-hybridized carbons (Fsp3) is 0.455. The Labute approximate surface area is 123 Å². The molecule has 0 aliphatic rings. The van der Waals surface area contributed by atoms with Crippen LogP contribution >= 0.6 is 23.1 Å². The van der Waals surface area contributed by atoms with Gasteiger partial charge in [0.15, 0.2) is 5.16 Å². The van der Waals surface area contributed by atoms with Crippen molar-refractivity contribution in [3.05, 3.63) is 26.6 Å². The van der Waals surface area contributed by atoms with E-state index in [0.29, 0.717) is 5.16 Å². The number of hydrogen-bond acceptors (Lipinski definition) is 6. The molecule has 1 atom stereocenters. The molecular weight excluding hydrogens is 300 g/mol. The third kappa shape index (κ3) is 3.10. The van der Waals surface area contributed by atoms with E-state index in [1.807, 2.05) is 13.8 Å². The number of H-pyrrole nitrogens is 1. The average molecular weight is 314 g/mol. The summed E-state index contributed by atoms with van der Waals surface area (Å²) in [6.45, 7) is 3.89. The predicted octanol–water partition coefficient (Wildman–Crippen LogP) is 1.38. The van der Waals surface area contributed by atoms with Crippen LogP contribution in [0.3, 0.4) is 0 Å². The number of carboxylic acid groups (broad SMARTS) is 1. The molecule has 20 heavy (non-hydrogen) atoms. The van der Waals surface area contributed by atoms with Crippen LogP contribution in [0.2, 0.25) is 0 Å². The highest BCUT2D eigenvalue weighted by atomic mass is 32.2. The van der Waals surface area contributed by atoms with Crippen LogP contribution in [0.5, 0.6) is 0 Å². The zero-order valence-corrected chi connectivity index (χ0v) is 12.6. The molecule has 2 heterocycles. The van der Waals surface area contributed by atoms with Crippen molar-refractivity contribution in [3.63, 3.8) is 0 Å². The lowest BCUT2D eigenvalue weighted by Gasteiger charge is -2.10. The third-order valence-corrected chi connectivity index (χ3v) is 4.91. The van der Waals surface area contributed by atoms with Gasteiger partial charge in [0.25, 0.3) is 0 Å². The first kappa shape index (κ1) is 14.8. The molecule has 0 amide bonds. The molecule has 0 saturated heterocycles. The number of thiazole rings is 1. The highest BCUT2D eigenvalue weighted by Gasteiger charge is 2.20. The van der Waals surface area contributed by atoms with Crippen LogP contribution in [-0.2, 0) is 11.2 Å². The summed E-state index contributed by atoms with van der Waals surface area (Å²) in [4.78, 5) is 27.9. The number of rotatable bonds is 6. The maximum absolute atomic E-state index is 11.8. The zero-order chi connectivity index (χ0) is 14.7. The van der Waals surface area contributed by atoms with Crippen molar-refractivity contribution in [2.24, 2.45) is 0 Å². The Hall–Kier alpha value is -1.61. The van der Waals surface area contributed by atoms with Crippen molar-refractivity contribution in [3.8, 4) is 0 Å². The van der Waals surface area contributed by atoms with E-state index in [-0.39, 0.29) is 17.5 Å². The van der Waals surface area contributed by atoms with Gasteiger partial charge in [0.05, 0.1) is 11.8 Å². The van der Waals surface area contributed by atoms with Crippen LogP contribution in [0, 0.1) is 0 Å². The Morgan fingerprint density at radius 2 is 2.40 bits per heavy atom. The summed E-state index contributed by atoms with van der Waals surface area (Å²) in [6.07, 6.45) is 2.69. The fourth-order valence-corrected chi connectivity index (χ4v) is 3.29. The number of aromatic nitrogens is 4. The minimum absolute atomic E-state index is 0.144. The normalized spacial score (nSPS) is 12.5. The molecule has 0 radical (unpaired) electrons. The second-order valence-corrected chi connectivity index (χ2v) is 6.15. The van der Waals surface area contributed by atoms with Crippen molar-refractivity contribution in [2.45, 2.75) is 31.5 Å². The summed E-state index contributed by atoms with van der Waals surface area (Å²) < 4.78 is 1.44. The summed E-state index contributed by atoms with van der Waals surface area (Å²) in [5.74, 6) is -1.10. The number of aryl methyl sites for hydroxylation is 1. The Morgan fingerprint density at radius 1 is 1.65 bits per heavy atom. The molecule has 0 aliphatic heterocycles. The minimum atomic E-state index is -0.952. The number of nitrogens with one attached hydrogen (secondary N) is 1. The van der Waals surface area contributed by atoms with E-state index >= 15 is 0 Å². The summed E-state index contributed by atoms with van der Waals surface area (Å²) >= 11 is 2.55. The van der Waals surface area contributed by atoms with Gasteiger partial charge in [0, 0.05) is 11.1 Å². The van der Waals surface area contributed by atoms with Gasteiger partial charge in [-0.15, -0.1) is 16.4 Å². The van der Waals surface area contributed by atoms with E-state index in [2.05, 4.69) is 15.2 Å². The first-order chi connectivity index (χ1) is 9.52. The van der Waals surface area contributed by atoms with Gasteiger partial charge in [-0.1, -0.05) is 18.7 Å². The summed E-state index contributed by atoms with van der Waals surface area (Å²) in [5.41, 5.74) is -0.362. The molecule has 0 fully saturated rings. The number of carbonyl (C=O) groups is 1. The van der Waals surface area contributed by atoms with Crippen molar-refractivity contribution in [2.75, 3.05) is 5.75 Å². The monoisotopic (exact) mass is 314 g/mol. The summed E-state index contributed by atoms with van der Waals surface area (Å²) in [6, 6.07) is -0.275. The van der Waals surface area contributed by atoms with Gasteiger partial charge >= 0.3 is 11.7 Å². The molecule has 9 heteroatoms. The molecule has 108 valence electrons. The van der Waals surface area contributed by atoms with Gasteiger partial charge in [-0.05, 0) is 13.3 Å². The van der Waals surface area contributed by atoms with E-state index in [9.17, 15) is 9.59 Å². The lowest BCUT2D eigenvalue weighted by molar-refractivity contribution is -0.133. The fourth-order valence-electron chi connectivity index (χ4n) is 1.65. The maximum atomic E-state index is 11.8. The van der Waals surface area contributed by atoms with Crippen LogP contribution in [0.1, 0.15) is 29.8 Å². The van der Waals surface area contributed by atoms with E-state index in [0.717, 1.165) is 28.1 Å². The quantitative estimate of drug-likeness (QED) is 0.781. The largest absolute Gasteiger partial charge is 0.481 e. The smallest absolute Gasteiger partial charge is 0.344 e. The van der Waals surface area contributed by atoms with Crippen molar-refractivity contribution in [1.29, 1.82) is 0 Å². The van der Waals surface area contributed by atoms with Crippen LogP contribution in [0.4, 0.5) is 0 Å². The Bertz CT molecular complexity index is 661. The molecule has 1 unspecified atom stereocenters. The SMILES string of the molecule is CCc1cnc(C(C)n2c(SCC(=O)O)n[nH]c2=O)s1. The van der Waals surface area contributed by atoms with Crippen molar-refractivity contribution >= 4 is 29.1 Å². The molecular formula is C11H14N4O3S2. The second kappa shape index (κ2) is 6.23. The molecule has 0 saturated carbocycles.